The number of carbonyl (C=O) groups is 3. The van der Waals surface area contributed by atoms with E-state index >= 15 is 0 Å². The lowest BCUT2D eigenvalue weighted by atomic mass is 9.47. The summed E-state index contributed by atoms with van der Waals surface area (Å²) in [5, 5.41) is 23.1. The summed E-state index contributed by atoms with van der Waals surface area (Å²) < 4.78 is 5.93. The Hall–Kier alpha value is -1.81. The number of alkyl carbamates (subject to hydrolysis) is 1. The van der Waals surface area contributed by atoms with E-state index in [9.17, 15) is 14.4 Å². The molecule has 49 heavy (non-hydrogen) atoms. The molecule has 0 aromatic heterocycles. The maximum absolute atomic E-state index is 12.7. The average molecular weight is 721 g/mol. The van der Waals surface area contributed by atoms with E-state index in [-0.39, 0.29) is 17.6 Å². The van der Waals surface area contributed by atoms with Crippen LogP contribution >= 0.6 is 21.6 Å². The molecule has 8 nitrogen and oxygen atoms in total. The van der Waals surface area contributed by atoms with E-state index in [4.69, 9.17) is 14.9 Å². The highest BCUT2D eigenvalue weighted by Gasteiger charge is 2.59. The maximum Gasteiger partial charge on any atom is 0.407 e. The predicted molar refractivity (Wildman–Crippen MR) is 201 cm³/mol. The highest BCUT2D eigenvalue weighted by atomic mass is 33.1. The number of amides is 1. The van der Waals surface area contributed by atoms with Gasteiger partial charge in [0.25, 0.3) is 0 Å². The van der Waals surface area contributed by atoms with Gasteiger partial charge in [-0.2, -0.15) is 0 Å². The van der Waals surface area contributed by atoms with Gasteiger partial charge in [-0.3, -0.25) is 9.59 Å². The summed E-state index contributed by atoms with van der Waals surface area (Å²) in [6, 6.07) is 0. The zero-order valence-corrected chi connectivity index (χ0v) is 32.4. The molecule has 0 aromatic carbocycles. The molecule has 0 heterocycles. The Kier molecular flexibility index (Phi) is 14.8. The van der Waals surface area contributed by atoms with Gasteiger partial charge < -0.3 is 25.6 Å². The summed E-state index contributed by atoms with van der Waals surface area (Å²) >= 11 is 0. The zero-order chi connectivity index (χ0) is 35.8. The number of carboxylic acid groups (broad SMARTS) is 2. The highest BCUT2D eigenvalue weighted by Crippen LogP contribution is 2.67. The van der Waals surface area contributed by atoms with Crippen LogP contribution in [0.15, 0.2) is 23.9 Å². The third-order valence-corrected chi connectivity index (χ3v) is 15.6. The molecule has 0 spiro atoms. The van der Waals surface area contributed by atoms with Crippen molar-refractivity contribution in [2.45, 2.75) is 136 Å². The minimum absolute atomic E-state index is 0.0678. The predicted octanol–water partition coefficient (Wildman–Crippen LogP) is 9.32. The van der Waals surface area contributed by atoms with Crippen LogP contribution in [0.4, 0.5) is 4.79 Å². The van der Waals surface area contributed by atoms with Crippen molar-refractivity contribution in [2.24, 2.45) is 46.3 Å². The Morgan fingerprint density at radius 1 is 1.00 bits per heavy atom. The van der Waals surface area contributed by atoms with Crippen LogP contribution in [0.3, 0.4) is 0 Å². The van der Waals surface area contributed by atoms with Crippen molar-refractivity contribution in [3.05, 3.63) is 23.9 Å². The van der Waals surface area contributed by atoms with Crippen LogP contribution in [0, 0.1) is 46.3 Å². The van der Waals surface area contributed by atoms with E-state index < -0.39 is 23.6 Å². The van der Waals surface area contributed by atoms with Gasteiger partial charge in [-0.05, 0) is 104 Å². The van der Waals surface area contributed by atoms with Gasteiger partial charge in [-0.25, -0.2) is 4.79 Å². The van der Waals surface area contributed by atoms with Gasteiger partial charge in [0.2, 0.25) is 0 Å². The van der Waals surface area contributed by atoms with Crippen LogP contribution in [-0.2, 0) is 14.3 Å². The highest BCUT2D eigenvalue weighted by molar-refractivity contribution is 8.77. The van der Waals surface area contributed by atoms with Crippen molar-refractivity contribution in [3.8, 4) is 0 Å². The number of rotatable bonds is 19. The van der Waals surface area contributed by atoms with Gasteiger partial charge in [-0.1, -0.05) is 93.7 Å². The fraction of sp³-hybridized carbons (Fsp3) is 0.821. The number of hydrogen-bond acceptors (Lipinski definition) is 7. The number of hydrogen-bond donors (Lipinski definition) is 4. The maximum atomic E-state index is 12.7. The fourth-order valence-corrected chi connectivity index (χ4v) is 12.6. The van der Waals surface area contributed by atoms with Crippen LogP contribution < -0.4 is 10.6 Å². The van der Waals surface area contributed by atoms with E-state index in [1.54, 1.807) is 0 Å². The Bertz CT molecular complexity index is 1190. The van der Waals surface area contributed by atoms with Gasteiger partial charge in [0.15, 0.2) is 0 Å². The van der Waals surface area contributed by atoms with Gasteiger partial charge in [-0.15, -0.1) is 0 Å². The molecule has 0 saturated heterocycles. The van der Waals surface area contributed by atoms with Crippen LogP contribution in [0.25, 0.3) is 0 Å². The lowest BCUT2D eigenvalue weighted by molar-refractivity contribution is -0.142. The standard InChI is InChI=1S/C39H64N2O6S2/c1-25(2)9-7-10-26(3)31-14-15-32-30-13-12-28-23-29(16-18-38(28,5)33(30)17-19-39(31,32)6)47-37(46)41-21-20-40-27(4)11-8-22-48-49-34(36(44)45)24-35(42)43/h12,25-26,29-34,40H,4,7-11,13-24H2,1-3,5-6H3,(H,41,46)(H,42,43)(H,44,45). The van der Waals surface area contributed by atoms with Gasteiger partial charge in [0, 0.05) is 31.0 Å². The molecular weight excluding hydrogens is 657 g/mol. The molecule has 0 aliphatic heterocycles. The second-order valence-corrected chi connectivity index (χ2v) is 19.2. The second-order valence-electron chi connectivity index (χ2n) is 16.5. The van der Waals surface area contributed by atoms with Crippen molar-refractivity contribution < 1.29 is 29.3 Å². The Balaban J connectivity index is 1.15. The van der Waals surface area contributed by atoms with Crippen molar-refractivity contribution in [3.63, 3.8) is 0 Å². The van der Waals surface area contributed by atoms with Gasteiger partial charge >= 0.3 is 18.0 Å². The molecule has 4 N–H and O–H groups in total. The first kappa shape index (κ1) is 40.0. The van der Waals surface area contributed by atoms with Crippen LogP contribution in [0.1, 0.15) is 125 Å². The first-order chi connectivity index (χ1) is 23.2. The summed E-state index contributed by atoms with van der Waals surface area (Å²) in [6.45, 7) is 17.5. The number of ether oxygens (including phenoxy) is 1. The van der Waals surface area contributed by atoms with E-state index in [0.717, 1.165) is 77.7 Å². The molecule has 0 radical (unpaired) electrons. The third-order valence-electron chi connectivity index (χ3n) is 12.8. The first-order valence-electron chi connectivity index (χ1n) is 19.0. The minimum atomic E-state index is -1.11. The lowest BCUT2D eigenvalue weighted by Gasteiger charge is -2.58. The molecule has 4 rings (SSSR count). The molecule has 10 heteroatoms. The smallest absolute Gasteiger partial charge is 0.407 e. The van der Waals surface area contributed by atoms with Gasteiger partial charge in [0.05, 0.1) is 6.42 Å². The molecular formula is C39H64N2O6S2. The molecule has 3 saturated carbocycles. The monoisotopic (exact) mass is 720 g/mol. The van der Waals surface area contributed by atoms with E-state index in [2.05, 4.69) is 57.9 Å². The van der Waals surface area contributed by atoms with Crippen molar-refractivity contribution in [2.75, 3.05) is 18.8 Å². The minimum Gasteiger partial charge on any atom is -0.481 e. The summed E-state index contributed by atoms with van der Waals surface area (Å²) in [7, 11) is 2.45. The average Bonchev–Trinajstić information content (AvgIpc) is 3.39. The third kappa shape index (κ3) is 10.4. The number of nitrogens with one attached hydrogen (secondary N) is 2. The SMILES string of the molecule is C=C(CCCSSC(CC(=O)O)C(=O)O)NCCNC(=O)OC1CCC2(C)C(=CCC3C2CCC2(C)C(C(C)CCCC(C)C)CCC32)C1. The number of carbonyl (C=O) groups excluding carboxylic acids is 1. The number of carboxylic acids is 2. The molecule has 278 valence electrons. The van der Waals surface area contributed by atoms with Crippen molar-refractivity contribution >= 4 is 39.6 Å². The van der Waals surface area contributed by atoms with Gasteiger partial charge in [0.1, 0.15) is 11.4 Å². The van der Waals surface area contributed by atoms with E-state index in [1.165, 1.54) is 67.7 Å². The first-order valence-corrected chi connectivity index (χ1v) is 21.4. The molecule has 1 amide bonds. The number of fused-ring (bicyclic) bond motifs is 5. The number of aliphatic carboxylic acids is 2. The molecule has 3 fully saturated rings. The molecule has 0 aromatic rings. The quantitative estimate of drug-likeness (QED) is 0.0587. The second kappa shape index (κ2) is 18.1. The normalized spacial score (nSPS) is 31.8. The van der Waals surface area contributed by atoms with E-state index in [1.807, 2.05) is 0 Å². The molecule has 0 bridgehead atoms. The molecule has 9 unspecified atom stereocenters. The van der Waals surface area contributed by atoms with E-state index in [0.29, 0.717) is 30.7 Å². The Labute approximate surface area is 303 Å². The summed E-state index contributed by atoms with van der Waals surface area (Å²) in [4.78, 5) is 34.7. The lowest BCUT2D eigenvalue weighted by Crippen LogP contribution is -2.51. The Morgan fingerprint density at radius 3 is 2.47 bits per heavy atom. The van der Waals surface area contributed by atoms with Crippen LogP contribution in [0.5, 0.6) is 0 Å². The summed E-state index contributed by atoms with van der Waals surface area (Å²) in [6.07, 6.45) is 17.0. The molecule has 4 aliphatic carbocycles. The van der Waals surface area contributed by atoms with Crippen LogP contribution in [-0.4, -0.2) is 58.4 Å². The zero-order valence-electron chi connectivity index (χ0n) is 30.8. The molecule has 4 aliphatic rings. The molecule has 9 atom stereocenters. The fourth-order valence-electron chi connectivity index (χ4n) is 10.2. The largest absolute Gasteiger partial charge is 0.481 e. The van der Waals surface area contributed by atoms with Crippen molar-refractivity contribution in [1.29, 1.82) is 0 Å². The van der Waals surface area contributed by atoms with Crippen LogP contribution in [0.2, 0.25) is 0 Å². The topological polar surface area (TPSA) is 125 Å². The summed E-state index contributed by atoms with van der Waals surface area (Å²) in [5.74, 6) is 3.39. The summed E-state index contributed by atoms with van der Waals surface area (Å²) in [5.41, 5.74) is 3.12. The van der Waals surface area contributed by atoms with Crippen molar-refractivity contribution in [1.82, 2.24) is 10.6 Å². The Morgan fingerprint density at radius 2 is 1.76 bits per heavy atom. The number of allylic oxidation sites excluding steroid dienone is 2.